The van der Waals surface area contributed by atoms with E-state index >= 15 is 0 Å². The van der Waals surface area contributed by atoms with Crippen molar-refractivity contribution in [2.45, 2.75) is 37.5 Å². The van der Waals surface area contributed by atoms with Crippen LogP contribution in [0.5, 0.6) is 0 Å². The summed E-state index contributed by atoms with van der Waals surface area (Å²) in [5.74, 6) is 2.88. The summed E-state index contributed by atoms with van der Waals surface area (Å²) in [6.07, 6.45) is 2.68. The first-order valence-electron chi connectivity index (χ1n) is 6.73. The Morgan fingerprint density at radius 3 is 3.06 bits per heavy atom. The lowest BCUT2D eigenvalue weighted by Gasteiger charge is -2.15. The van der Waals surface area contributed by atoms with Crippen molar-refractivity contribution in [1.82, 2.24) is 5.32 Å². The van der Waals surface area contributed by atoms with Gasteiger partial charge in [-0.25, -0.2) is 0 Å². The Balaban J connectivity index is 1.81. The van der Waals surface area contributed by atoms with Gasteiger partial charge in [0, 0.05) is 10.6 Å². The van der Waals surface area contributed by atoms with Gasteiger partial charge in [0.25, 0.3) is 0 Å². The molecule has 1 aliphatic heterocycles. The van der Waals surface area contributed by atoms with E-state index in [1.54, 1.807) is 5.56 Å². The van der Waals surface area contributed by atoms with Gasteiger partial charge < -0.3 is 5.32 Å². The fourth-order valence-corrected chi connectivity index (χ4v) is 3.75. The molecule has 2 rings (SSSR count). The Morgan fingerprint density at radius 2 is 2.24 bits per heavy atom. The zero-order chi connectivity index (χ0) is 12.1. The van der Waals surface area contributed by atoms with Gasteiger partial charge in [0.05, 0.1) is 0 Å². The van der Waals surface area contributed by atoms with Gasteiger partial charge in [0.2, 0.25) is 0 Å². The molecule has 0 amide bonds. The lowest BCUT2D eigenvalue weighted by molar-refractivity contribution is 0.456. The summed E-state index contributed by atoms with van der Waals surface area (Å²) in [5.41, 5.74) is 1.59. The predicted molar refractivity (Wildman–Crippen MR) is 76.8 cm³/mol. The van der Waals surface area contributed by atoms with Crippen molar-refractivity contribution in [3.05, 3.63) is 29.8 Å². The van der Waals surface area contributed by atoms with Crippen LogP contribution >= 0.6 is 11.8 Å². The molecule has 1 aliphatic rings. The molecule has 1 nitrogen and oxygen atoms in total. The second kappa shape index (κ2) is 6.46. The average molecular weight is 249 g/mol. The SMILES string of the molecule is CCNCC(C)CCC1CSc2ccccc21. The summed E-state index contributed by atoms with van der Waals surface area (Å²) in [5, 5.41) is 3.44. The first-order valence-corrected chi connectivity index (χ1v) is 7.72. The van der Waals surface area contributed by atoms with Crippen molar-refractivity contribution in [1.29, 1.82) is 0 Å². The maximum absolute atomic E-state index is 3.44. The van der Waals surface area contributed by atoms with E-state index in [9.17, 15) is 0 Å². The van der Waals surface area contributed by atoms with E-state index in [2.05, 4.69) is 43.4 Å². The van der Waals surface area contributed by atoms with Gasteiger partial charge in [-0.15, -0.1) is 11.8 Å². The van der Waals surface area contributed by atoms with E-state index in [1.807, 2.05) is 11.8 Å². The van der Waals surface area contributed by atoms with E-state index in [0.717, 1.165) is 24.9 Å². The minimum absolute atomic E-state index is 0.792. The molecule has 0 saturated heterocycles. The van der Waals surface area contributed by atoms with Crippen molar-refractivity contribution in [2.24, 2.45) is 5.92 Å². The molecule has 1 N–H and O–H groups in total. The number of rotatable bonds is 6. The lowest BCUT2D eigenvalue weighted by Crippen LogP contribution is -2.20. The minimum Gasteiger partial charge on any atom is -0.317 e. The molecule has 17 heavy (non-hydrogen) atoms. The van der Waals surface area contributed by atoms with Crippen LogP contribution in [0, 0.1) is 5.92 Å². The summed E-state index contributed by atoms with van der Waals surface area (Å²) in [6.45, 7) is 6.79. The van der Waals surface area contributed by atoms with Gasteiger partial charge in [-0.1, -0.05) is 32.0 Å². The van der Waals surface area contributed by atoms with Crippen molar-refractivity contribution in [3.63, 3.8) is 0 Å². The highest BCUT2D eigenvalue weighted by molar-refractivity contribution is 7.99. The second-order valence-corrected chi connectivity index (χ2v) is 6.10. The molecule has 1 aromatic rings. The molecular formula is C15H23NS. The average Bonchev–Trinajstić information content (AvgIpc) is 2.77. The largest absolute Gasteiger partial charge is 0.317 e. The monoisotopic (exact) mass is 249 g/mol. The number of hydrogen-bond donors (Lipinski definition) is 1. The van der Waals surface area contributed by atoms with E-state index in [4.69, 9.17) is 0 Å². The smallest absolute Gasteiger partial charge is 0.0107 e. The molecule has 1 aromatic carbocycles. The zero-order valence-corrected chi connectivity index (χ0v) is 11.7. The second-order valence-electron chi connectivity index (χ2n) is 5.04. The fraction of sp³-hybridized carbons (Fsp3) is 0.600. The summed E-state index contributed by atoms with van der Waals surface area (Å²) >= 11 is 2.03. The summed E-state index contributed by atoms with van der Waals surface area (Å²) in [6, 6.07) is 8.92. The highest BCUT2D eigenvalue weighted by atomic mass is 32.2. The number of nitrogens with one attached hydrogen (secondary N) is 1. The molecule has 0 aromatic heterocycles. The molecule has 0 spiro atoms. The standard InChI is InChI=1S/C15H23NS/c1-3-16-10-12(2)8-9-13-11-17-15-7-5-4-6-14(13)15/h4-7,12-13,16H,3,8-11H2,1-2H3. The molecule has 1 heterocycles. The van der Waals surface area contributed by atoms with Crippen LogP contribution in [0.2, 0.25) is 0 Å². The number of hydrogen-bond acceptors (Lipinski definition) is 2. The molecule has 94 valence electrons. The highest BCUT2D eigenvalue weighted by Gasteiger charge is 2.22. The summed E-state index contributed by atoms with van der Waals surface area (Å²) < 4.78 is 0. The van der Waals surface area contributed by atoms with E-state index < -0.39 is 0 Å². The van der Waals surface area contributed by atoms with Crippen molar-refractivity contribution in [2.75, 3.05) is 18.8 Å². The molecule has 2 atom stereocenters. The van der Waals surface area contributed by atoms with Gasteiger partial charge >= 0.3 is 0 Å². The first-order chi connectivity index (χ1) is 8.31. The van der Waals surface area contributed by atoms with E-state index in [-0.39, 0.29) is 0 Å². The molecule has 0 fully saturated rings. The van der Waals surface area contributed by atoms with Crippen molar-refractivity contribution >= 4 is 11.8 Å². The van der Waals surface area contributed by atoms with Crippen LogP contribution in [0.15, 0.2) is 29.2 Å². The normalized spacial score (nSPS) is 20.2. The molecule has 0 saturated carbocycles. The Kier molecular flexibility index (Phi) is 4.93. The van der Waals surface area contributed by atoms with Crippen molar-refractivity contribution in [3.8, 4) is 0 Å². The van der Waals surface area contributed by atoms with Crippen LogP contribution in [0.1, 0.15) is 38.2 Å². The molecule has 0 bridgehead atoms. The number of fused-ring (bicyclic) bond motifs is 1. The van der Waals surface area contributed by atoms with Crippen LogP contribution in [0.25, 0.3) is 0 Å². The van der Waals surface area contributed by atoms with Crippen LogP contribution in [-0.4, -0.2) is 18.8 Å². The lowest BCUT2D eigenvalue weighted by atomic mass is 9.92. The van der Waals surface area contributed by atoms with Crippen LogP contribution < -0.4 is 5.32 Å². The van der Waals surface area contributed by atoms with Crippen LogP contribution in [0.4, 0.5) is 0 Å². The fourth-order valence-electron chi connectivity index (χ4n) is 2.45. The molecule has 2 heteroatoms. The summed E-state index contributed by atoms with van der Waals surface area (Å²) in [7, 11) is 0. The maximum atomic E-state index is 3.44. The predicted octanol–water partition coefficient (Wildman–Crippen LogP) is 3.90. The molecule has 2 unspecified atom stereocenters. The van der Waals surface area contributed by atoms with Crippen LogP contribution in [0.3, 0.4) is 0 Å². The topological polar surface area (TPSA) is 12.0 Å². The number of benzene rings is 1. The van der Waals surface area contributed by atoms with Gasteiger partial charge in [-0.05, 0) is 49.4 Å². The van der Waals surface area contributed by atoms with Gasteiger partial charge in [0.1, 0.15) is 0 Å². The van der Waals surface area contributed by atoms with Gasteiger partial charge in [-0.3, -0.25) is 0 Å². The Morgan fingerprint density at radius 1 is 1.41 bits per heavy atom. The van der Waals surface area contributed by atoms with Crippen molar-refractivity contribution < 1.29 is 0 Å². The number of thioether (sulfide) groups is 1. The third-order valence-corrected chi connectivity index (χ3v) is 4.80. The Bertz CT molecular complexity index is 351. The summed E-state index contributed by atoms with van der Waals surface area (Å²) in [4.78, 5) is 1.51. The van der Waals surface area contributed by atoms with E-state index in [1.165, 1.54) is 23.5 Å². The quantitative estimate of drug-likeness (QED) is 0.820. The zero-order valence-electron chi connectivity index (χ0n) is 10.9. The third kappa shape index (κ3) is 3.49. The highest BCUT2D eigenvalue weighted by Crippen LogP contribution is 2.41. The Hall–Kier alpha value is -0.470. The minimum atomic E-state index is 0.792. The molecule has 0 radical (unpaired) electrons. The first kappa shape index (κ1) is 13.0. The Labute approximate surface area is 109 Å². The molecular weight excluding hydrogens is 226 g/mol. The third-order valence-electron chi connectivity index (χ3n) is 3.55. The van der Waals surface area contributed by atoms with Gasteiger partial charge in [-0.2, -0.15) is 0 Å². The molecule has 0 aliphatic carbocycles. The van der Waals surface area contributed by atoms with E-state index in [0.29, 0.717) is 0 Å². The van der Waals surface area contributed by atoms with Gasteiger partial charge in [0.15, 0.2) is 0 Å². The maximum Gasteiger partial charge on any atom is 0.0107 e. The van der Waals surface area contributed by atoms with Crippen LogP contribution in [-0.2, 0) is 0 Å².